The van der Waals surface area contributed by atoms with E-state index in [4.69, 9.17) is 0 Å². The van der Waals surface area contributed by atoms with E-state index in [1.807, 2.05) is 6.92 Å². The first-order chi connectivity index (χ1) is 12.7. The molecule has 1 aliphatic rings. The standard InChI is InChI=1S/C18H20F3N3O2S/c1-10(2)22-12-5-4-8-24(9-12)17(25)14-7-6-13(27-14)15-11(3)16(26-23-15)18(19,20)21/h6-7,12,22H,1,4-5,8-9H2,2-3H3/t12-/m0/s1. The molecule has 9 heteroatoms. The fourth-order valence-electron chi connectivity index (χ4n) is 3.19. The van der Waals surface area contributed by atoms with Crippen molar-refractivity contribution in [3.8, 4) is 10.6 Å². The lowest BCUT2D eigenvalue weighted by Gasteiger charge is -2.33. The third-order valence-corrected chi connectivity index (χ3v) is 5.47. The number of rotatable bonds is 4. The maximum atomic E-state index is 12.9. The number of piperidine rings is 1. The molecular weight excluding hydrogens is 379 g/mol. The van der Waals surface area contributed by atoms with E-state index < -0.39 is 11.9 Å². The molecular formula is C18H20F3N3O2S. The molecule has 1 saturated heterocycles. The molecule has 146 valence electrons. The number of thiophene rings is 1. The number of nitrogens with one attached hydrogen (secondary N) is 1. The van der Waals surface area contributed by atoms with E-state index in [2.05, 4.69) is 21.6 Å². The van der Waals surface area contributed by atoms with Gasteiger partial charge in [0.05, 0.1) is 9.75 Å². The number of hydrogen-bond donors (Lipinski definition) is 1. The van der Waals surface area contributed by atoms with Crippen LogP contribution in [-0.4, -0.2) is 35.1 Å². The van der Waals surface area contributed by atoms with Crippen LogP contribution in [0.5, 0.6) is 0 Å². The van der Waals surface area contributed by atoms with Crippen LogP contribution in [0.1, 0.15) is 40.8 Å². The first kappa shape index (κ1) is 19.5. The maximum absolute atomic E-state index is 12.9. The van der Waals surface area contributed by atoms with E-state index in [0.717, 1.165) is 29.9 Å². The van der Waals surface area contributed by atoms with Gasteiger partial charge in [-0.1, -0.05) is 11.7 Å². The second-order valence-electron chi connectivity index (χ2n) is 6.66. The average Bonchev–Trinajstić information content (AvgIpc) is 3.19. The molecule has 0 aliphatic carbocycles. The van der Waals surface area contributed by atoms with Crippen molar-refractivity contribution in [2.45, 2.75) is 38.9 Å². The van der Waals surface area contributed by atoms with Gasteiger partial charge in [-0.25, -0.2) is 0 Å². The van der Waals surface area contributed by atoms with Crippen molar-refractivity contribution in [3.63, 3.8) is 0 Å². The molecule has 1 N–H and O–H groups in total. The molecule has 27 heavy (non-hydrogen) atoms. The van der Waals surface area contributed by atoms with Crippen LogP contribution in [0.3, 0.4) is 0 Å². The predicted molar refractivity (Wildman–Crippen MR) is 96.4 cm³/mol. The molecule has 0 unspecified atom stereocenters. The highest BCUT2D eigenvalue weighted by atomic mass is 32.1. The van der Waals surface area contributed by atoms with Crippen molar-refractivity contribution in [2.75, 3.05) is 13.1 Å². The molecule has 0 spiro atoms. The summed E-state index contributed by atoms with van der Waals surface area (Å²) in [6.07, 6.45) is -2.75. The minimum absolute atomic E-state index is 0.0768. The Morgan fingerprint density at radius 3 is 2.81 bits per heavy atom. The number of nitrogens with zero attached hydrogens (tertiary/aromatic N) is 2. The van der Waals surface area contributed by atoms with Crippen LogP contribution in [0.4, 0.5) is 13.2 Å². The molecule has 0 saturated carbocycles. The van der Waals surface area contributed by atoms with Gasteiger partial charge in [-0.05, 0) is 38.8 Å². The summed E-state index contributed by atoms with van der Waals surface area (Å²) in [6, 6.07) is 3.39. The van der Waals surface area contributed by atoms with Gasteiger partial charge in [0.2, 0.25) is 5.76 Å². The average molecular weight is 399 g/mol. The van der Waals surface area contributed by atoms with E-state index in [1.165, 1.54) is 6.92 Å². The first-order valence-corrected chi connectivity index (χ1v) is 9.33. The third-order valence-electron chi connectivity index (χ3n) is 4.39. The largest absolute Gasteiger partial charge is 0.452 e. The number of allylic oxidation sites excluding steroid dienone is 1. The predicted octanol–water partition coefficient (Wildman–Crippen LogP) is 4.46. The first-order valence-electron chi connectivity index (χ1n) is 8.52. The summed E-state index contributed by atoms with van der Waals surface area (Å²) in [5.74, 6) is -1.24. The van der Waals surface area contributed by atoms with Gasteiger partial charge in [0.25, 0.3) is 5.91 Å². The van der Waals surface area contributed by atoms with Gasteiger partial charge in [-0.15, -0.1) is 11.3 Å². The monoisotopic (exact) mass is 399 g/mol. The van der Waals surface area contributed by atoms with Gasteiger partial charge in [0.15, 0.2) is 0 Å². The number of hydrogen-bond acceptors (Lipinski definition) is 5. The molecule has 0 aromatic carbocycles. The Hall–Kier alpha value is -2.29. The second-order valence-corrected chi connectivity index (χ2v) is 7.75. The minimum atomic E-state index is -4.59. The Balaban J connectivity index is 1.77. The summed E-state index contributed by atoms with van der Waals surface area (Å²) in [7, 11) is 0. The molecule has 1 amide bonds. The van der Waals surface area contributed by atoms with Crippen LogP contribution in [0, 0.1) is 6.92 Å². The summed E-state index contributed by atoms with van der Waals surface area (Å²) >= 11 is 1.12. The molecule has 5 nitrogen and oxygen atoms in total. The number of carbonyl (C=O) groups is 1. The van der Waals surface area contributed by atoms with Crippen molar-refractivity contribution < 1.29 is 22.5 Å². The number of carbonyl (C=O) groups excluding carboxylic acids is 1. The van der Waals surface area contributed by atoms with Gasteiger partial charge >= 0.3 is 6.18 Å². The highest BCUT2D eigenvalue weighted by Crippen LogP contribution is 2.38. The van der Waals surface area contributed by atoms with Crippen molar-refractivity contribution in [1.29, 1.82) is 0 Å². The summed E-state index contributed by atoms with van der Waals surface area (Å²) in [5.41, 5.74) is 0.897. The van der Waals surface area contributed by atoms with Crippen LogP contribution in [0.25, 0.3) is 10.6 Å². The van der Waals surface area contributed by atoms with Crippen molar-refractivity contribution in [3.05, 3.63) is 40.6 Å². The molecule has 2 aromatic rings. The lowest BCUT2D eigenvalue weighted by atomic mass is 10.1. The Labute approximate surface area is 158 Å². The maximum Gasteiger partial charge on any atom is 0.452 e. The van der Waals surface area contributed by atoms with Crippen LogP contribution >= 0.6 is 11.3 Å². The Morgan fingerprint density at radius 2 is 2.19 bits per heavy atom. The van der Waals surface area contributed by atoms with Crippen LogP contribution in [-0.2, 0) is 6.18 Å². The summed E-state index contributed by atoms with van der Waals surface area (Å²) in [4.78, 5) is 15.5. The van der Waals surface area contributed by atoms with Crippen LogP contribution < -0.4 is 5.32 Å². The lowest BCUT2D eigenvalue weighted by Crippen LogP contribution is -2.47. The molecule has 1 fully saturated rings. The number of likely N-dealkylation sites (tertiary alicyclic amines) is 1. The summed E-state index contributed by atoms with van der Waals surface area (Å²) in [5, 5.41) is 6.81. The van der Waals surface area contributed by atoms with E-state index in [9.17, 15) is 18.0 Å². The second kappa shape index (κ2) is 7.38. The summed E-state index contributed by atoms with van der Waals surface area (Å²) in [6.45, 7) is 8.25. The smallest absolute Gasteiger partial charge is 0.385 e. The number of halogens is 3. The zero-order valence-electron chi connectivity index (χ0n) is 15.0. The van der Waals surface area contributed by atoms with Crippen molar-refractivity contribution in [2.24, 2.45) is 0 Å². The fraction of sp³-hybridized carbons (Fsp3) is 0.444. The number of alkyl halides is 3. The third kappa shape index (κ3) is 4.18. The molecule has 3 heterocycles. The normalized spacial score (nSPS) is 17.8. The SMILES string of the molecule is C=C(C)N[C@H]1CCCN(C(=O)c2ccc(-c3noc(C(F)(F)F)c3C)s2)C1. The fourth-order valence-corrected chi connectivity index (χ4v) is 4.21. The highest BCUT2D eigenvalue weighted by Gasteiger charge is 2.39. The molecule has 1 atom stereocenters. The number of aromatic nitrogens is 1. The van der Waals surface area contributed by atoms with Gasteiger partial charge in [0, 0.05) is 30.4 Å². The Morgan fingerprint density at radius 1 is 1.44 bits per heavy atom. The van der Waals surface area contributed by atoms with Crippen molar-refractivity contribution >= 4 is 17.2 Å². The zero-order valence-corrected chi connectivity index (χ0v) is 15.8. The van der Waals surface area contributed by atoms with Gasteiger partial charge in [-0.2, -0.15) is 13.2 Å². The van der Waals surface area contributed by atoms with E-state index >= 15 is 0 Å². The summed E-state index contributed by atoms with van der Waals surface area (Å²) < 4.78 is 43.1. The van der Waals surface area contributed by atoms with Crippen molar-refractivity contribution in [1.82, 2.24) is 15.4 Å². The van der Waals surface area contributed by atoms with E-state index in [1.54, 1.807) is 17.0 Å². The van der Waals surface area contributed by atoms with Gasteiger partial charge in [-0.3, -0.25) is 4.79 Å². The Kier molecular flexibility index (Phi) is 5.32. The topological polar surface area (TPSA) is 58.4 Å². The lowest BCUT2D eigenvalue weighted by molar-refractivity contribution is -0.156. The highest BCUT2D eigenvalue weighted by molar-refractivity contribution is 7.17. The van der Waals surface area contributed by atoms with E-state index in [-0.39, 0.29) is 23.2 Å². The number of amides is 1. The van der Waals surface area contributed by atoms with Crippen LogP contribution in [0.15, 0.2) is 28.9 Å². The molecule has 3 rings (SSSR count). The Bertz CT molecular complexity index is 856. The van der Waals surface area contributed by atoms with E-state index in [0.29, 0.717) is 22.8 Å². The molecule has 0 bridgehead atoms. The molecule has 0 radical (unpaired) electrons. The zero-order chi connectivity index (χ0) is 19.8. The minimum Gasteiger partial charge on any atom is -0.385 e. The van der Waals surface area contributed by atoms with Gasteiger partial charge < -0.3 is 14.7 Å². The quantitative estimate of drug-likeness (QED) is 0.825. The van der Waals surface area contributed by atoms with Gasteiger partial charge in [0.1, 0.15) is 5.69 Å². The van der Waals surface area contributed by atoms with Crippen LogP contribution in [0.2, 0.25) is 0 Å². The molecule has 2 aromatic heterocycles. The molecule has 1 aliphatic heterocycles.